The van der Waals surface area contributed by atoms with Gasteiger partial charge in [-0.2, -0.15) is 0 Å². The molecule has 0 saturated heterocycles. The van der Waals surface area contributed by atoms with Crippen LogP contribution in [0.4, 0.5) is 5.69 Å². The number of methoxy groups -OCH3 is 1. The first kappa shape index (κ1) is 18.7. The number of hydrogen-bond acceptors (Lipinski definition) is 6. The number of nitrogens with zero attached hydrogens (tertiary/aromatic N) is 1. The Kier molecular flexibility index (Phi) is 5.58. The van der Waals surface area contributed by atoms with Crippen molar-refractivity contribution in [3.8, 4) is 11.5 Å². The molecule has 2 aromatic carbocycles. The molecular weight excluding hydrogens is 350 g/mol. The molecule has 142 valence electrons. The summed E-state index contributed by atoms with van der Waals surface area (Å²) in [5, 5.41) is 8.87. The number of carbonyl (C=O) groups excluding carboxylic acids is 2. The molecule has 0 radical (unpaired) electrons. The zero-order valence-electron chi connectivity index (χ0n) is 14.8. The van der Waals surface area contributed by atoms with Gasteiger partial charge in [-0.15, -0.1) is 0 Å². The van der Waals surface area contributed by atoms with Crippen molar-refractivity contribution in [2.24, 2.45) is 5.73 Å². The number of rotatable bonds is 6. The summed E-state index contributed by atoms with van der Waals surface area (Å²) in [6.45, 7) is 0.609. The number of fused-ring (bicyclic) bond motifs is 1. The lowest BCUT2D eigenvalue weighted by atomic mass is 10.1. The van der Waals surface area contributed by atoms with E-state index in [-0.39, 0.29) is 11.5 Å². The van der Waals surface area contributed by atoms with Crippen LogP contribution in [0.1, 0.15) is 22.3 Å². The quantitative estimate of drug-likeness (QED) is 0.523. The maximum Gasteiger partial charge on any atom is 0.274 e. The highest BCUT2D eigenvalue weighted by Gasteiger charge is 2.34. The topological polar surface area (TPSA) is 114 Å². The van der Waals surface area contributed by atoms with Gasteiger partial charge in [0.1, 0.15) is 11.5 Å². The van der Waals surface area contributed by atoms with E-state index in [4.69, 9.17) is 20.4 Å². The minimum atomic E-state index is -0.682. The molecule has 1 aliphatic rings. The van der Waals surface area contributed by atoms with Crippen LogP contribution in [0.25, 0.3) is 0 Å². The van der Waals surface area contributed by atoms with Crippen molar-refractivity contribution in [2.75, 3.05) is 18.6 Å². The van der Waals surface area contributed by atoms with Gasteiger partial charge >= 0.3 is 0 Å². The van der Waals surface area contributed by atoms with Crippen LogP contribution in [0, 0.1) is 0 Å². The number of nitrogens with one attached hydrogen (secondary N) is 1. The number of ether oxygens (including phenoxy) is 2. The molecule has 1 heterocycles. The minimum Gasteiger partial charge on any atom is -0.497 e. The Morgan fingerprint density at radius 2 is 2.04 bits per heavy atom. The highest BCUT2D eigenvalue weighted by molar-refractivity contribution is 6.02. The molecule has 0 aromatic heterocycles. The van der Waals surface area contributed by atoms with Crippen molar-refractivity contribution in [1.29, 1.82) is 0 Å². The van der Waals surface area contributed by atoms with Crippen molar-refractivity contribution in [2.45, 2.75) is 19.1 Å². The fourth-order valence-electron chi connectivity index (χ4n) is 2.94. The third-order valence-corrected chi connectivity index (χ3v) is 4.35. The Balaban J connectivity index is 1.98. The average Bonchev–Trinajstić information content (AvgIpc) is 2.70. The van der Waals surface area contributed by atoms with Crippen molar-refractivity contribution in [3.05, 3.63) is 53.6 Å². The third-order valence-electron chi connectivity index (χ3n) is 4.35. The summed E-state index contributed by atoms with van der Waals surface area (Å²) in [7, 11) is 1.59. The van der Waals surface area contributed by atoms with E-state index in [1.165, 1.54) is 12.1 Å². The number of amides is 2. The summed E-state index contributed by atoms with van der Waals surface area (Å²) in [6.07, 6.45) is -0.297. The van der Waals surface area contributed by atoms with Crippen LogP contribution >= 0.6 is 0 Å². The first-order chi connectivity index (χ1) is 13.1. The van der Waals surface area contributed by atoms with Crippen molar-refractivity contribution in [3.63, 3.8) is 0 Å². The molecule has 8 heteroatoms. The van der Waals surface area contributed by atoms with Gasteiger partial charge in [0.2, 0.25) is 0 Å². The summed E-state index contributed by atoms with van der Waals surface area (Å²) in [5.41, 5.74) is 8.77. The molecule has 3 rings (SSSR count). The molecule has 1 atom stereocenters. The van der Waals surface area contributed by atoms with Gasteiger partial charge in [0, 0.05) is 12.0 Å². The lowest BCUT2D eigenvalue weighted by Gasteiger charge is -2.34. The first-order valence-corrected chi connectivity index (χ1v) is 8.47. The summed E-state index contributed by atoms with van der Waals surface area (Å²) in [4.78, 5) is 26.2. The number of benzene rings is 2. The molecule has 0 aliphatic carbocycles. The Labute approximate surface area is 156 Å². The number of anilines is 1. The van der Waals surface area contributed by atoms with E-state index in [0.717, 1.165) is 11.3 Å². The highest BCUT2D eigenvalue weighted by atomic mass is 16.5. The van der Waals surface area contributed by atoms with Gasteiger partial charge in [0.25, 0.3) is 11.8 Å². The lowest BCUT2D eigenvalue weighted by Crippen LogP contribution is -2.46. The van der Waals surface area contributed by atoms with E-state index in [9.17, 15) is 9.59 Å². The Bertz CT molecular complexity index is 838. The van der Waals surface area contributed by atoms with Crippen molar-refractivity contribution < 1.29 is 24.3 Å². The molecule has 0 bridgehead atoms. The number of hydroxylamine groups is 1. The lowest BCUT2D eigenvalue weighted by molar-refractivity contribution is -0.126. The molecule has 2 aromatic rings. The van der Waals surface area contributed by atoms with Crippen LogP contribution in [0.3, 0.4) is 0 Å². The third kappa shape index (κ3) is 3.86. The second-order valence-corrected chi connectivity index (χ2v) is 6.08. The summed E-state index contributed by atoms with van der Waals surface area (Å²) in [6, 6.07) is 12.0. The monoisotopic (exact) mass is 371 g/mol. The van der Waals surface area contributed by atoms with Gasteiger partial charge < -0.3 is 20.1 Å². The van der Waals surface area contributed by atoms with Gasteiger partial charge in [-0.3, -0.25) is 14.8 Å². The second-order valence-electron chi connectivity index (χ2n) is 6.08. The maximum absolute atomic E-state index is 12.9. The largest absolute Gasteiger partial charge is 0.497 e. The highest BCUT2D eigenvalue weighted by Crippen LogP contribution is 2.36. The van der Waals surface area contributed by atoms with Gasteiger partial charge in [0.15, 0.2) is 6.10 Å². The number of nitrogens with two attached hydrogens (primary N) is 1. The summed E-state index contributed by atoms with van der Waals surface area (Å²) in [5.74, 6) is 0.301. The van der Waals surface area contributed by atoms with Crippen LogP contribution in [0.5, 0.6) is 11.5 Å². The van der Waals surface area contributed by atoms with Gasteiger partial charge in [-0.1, -0.05) is 12.1 Å². The van der Waals surface area contributed by atoms with Crippen molar-refractivity contribution in [1.82, 2.24) is 5.48 Å². The predicted molar refractivity (Wildman–Crippen MR) is 98.0 cm³/mol. The van der Waals surface area contributed by atoms with Crippen LogP contribution in [-0.4, -0.2) is 36.8 Å². The van der Waals surface area contributed by atoms with E-state index in [0.29, 0.717) is 30.9 Å². The van der Waals surface area contributed by atoms with Crippen LogP contribution in [0.2, 0.25) is 0 Å². The second kappa shape index (κ2) is 8.07. The average molecular weight is 371 g/mol. The van der Waals surface area contributed by atoms with Gasteiger partial charge in [-0.25, -0.2) is 5.48 Å². The molecule has 1 aliphatic heterocycles. The molecule has 0 fully saturated rings. The summed E-state index contributed by atoms with van der Waals surface area (Å²) >= 11 is 0. The van der Waals surface area contributed by atoms with Crippen LogP contribution in [0.15, 0.2) is 42.5 Å². The molecule has 4 N–H and O–H groups in total. The van der Waals surface area contributed by atoms with E-state index in [1.54, 1.807) is 23.6 Å². The van der Waals surface area contributed by atoms with E-state index >= 15 is 0 Å². The van der Waals surface area contributed by atoms with E-state index in [2.05, 4.69) is 0 Å². The Hall–Kier alpha value is -3.10. The van der Waals surface area contributed by atoms with E-state index < -0.39 is 12.0 Å². The number of hydrogen-bond donors (Lipinski definition) is 3. The molecule has 8 nitrogen and oxygen atoms in total. The maximum atomic E-state index is 12.9. The number of carbonyl (C=O) groups is 2. The van der Waals surface area contributed by atoms with Crippen LogP contribution in [-0.2, 0) is 11.3 Å². The zero-order chi connectivity index (χ0) is 19.4. The van der Waals surface area contributed by atoms with Gasteiger partial charge in [0.05, 0.1) is 19.3 Å². The standard InChI is InChI=1S/C19H21N3O5/c1-26-14-5-2-12(3-6-14)11-22-15-10-13(18(23)21-25)4-7-16(15)27-17(8-9-20)19(22)24/h2-7,10,17,25H,8-9,11,20H2,1H3,(H,21,23). The van der Waals surface area contributed by atoms with Gasteiger partial charge in [-0.05, 0) is 42.4 Å². The molecule has 27 heavy (non-hydrogen) atoms. The fraction of sp³-hybridized carbons (Fsp3) is 0.263. The zero-order valence-corrected chi connectivity index (χ0v) is 14.8. The molecule has 2 amide bonds. The Morgan fingerprint density at radius 1 is 1.30 bits per heavy atom. The molecular formula is C19H21N3O5. The summed E-state index contributed by atoms with van der Waals surface area (Å²) < 4.78 is 10.9. The molecule has 0 saturated carbocycles. The van der Waals surface area contributed by atoms with Crippen molar-refractivity contribution >= 4 is 17.5 Å². The normalized spacial score (nSPS) is 15.7. The SMILES string of the molecule is COc1ccc(CN2C(=O)C(CCN)Oc3ccc(C(=O)NO)cc32)cc1. The van der Waals surface area contributed by atoms with Crippen LogP contribution < -0.4 is 25.6 Å². The minimum absolute atomic E-state index is 0.213. The smallest absolute Gasteiger partial charge is 0.274 e. The molecule has 0 spiro atoms. The molecule has 1 unspecified atom stereocenters. The van der Waals surface area contributed by atoms with E-state index in [1.807, 2.05) is 24.3 Å². The predicted octanol–water partition coefficient (Wildman–Crippen LogP) is 1.46. The fourth-order valence-corrected chi connectivity index (χ4v) is 2.94. The first-order valence-electron chi connectivity index (χ1n) is 8.47. The Morgan fingerprint density at radius 3 is 2.67 bits per heavy atom.